The minimum atomic E-state index is -0.383. The van der Waals surface area contributed by atoms with Crippen molar-refractivity contribution in [2.45, 2.75) is 25.8 Å². The third kappa shape index (κ3) is 4.39. The number of anilines is 1. The Morgan fingerprint density at radius 1 is 1.46 bits per heavy atom. The standard InChI is InChI=1S/C17H23ClN2O4/c1-11(6-7-23-2)19-17(22)12-8-16(21)20(10-12)14-9-13(18)4-5-15(14)24-3/h4-5,9,11-12H,6-8,10H2,1-3H3,(H,19,22). The Balaban J connectivity index is 2.05. The van der Waals surface area contributed by atoms with Gasteiger partial charge in [-0.3, -0.25) is 9.59 Å². The highest BCUT2D eigenvalue weighted by molar-refractivity contribution is 6.31. The highest BCUT2D eigenvalue weighted by atomic mass is 35.5. The van der Waals surface area contributed by atoms with Crippen LogP contribution in [0.25, 0.3) is 0 Å². The first kappa shape index (κ1) is 18.5. The van der Waals surface area contributed by atoms with Crippen LogP contribution in [0.4, 0.5) is 5.69 Å². The zero-order chi connectivity index (χ0) is 17.7. The molecule has 0 bridgehead atoms. The van der Waals surface area contributed by atoms with Gasteiger partial charge >= 0.3 is 0 Å². The lowest BCUT2D eigenvalue weighted by Crippen LogP contribution is -2.38. The lowest BCUT2D eigenvalue weighted by Gasteiger charge is -2.20. The molecule has 6 nitrogen and oxygen atoms in total. The molecule has 1 aromatic carbocycles. The molecule has 2 atom stereocenters. The molecule has 7 heteroatoms. The van der Waals surface area contributed by atoms with Crippen molar-refractivity contribution in [3.05, 3.63) is 23.2 Å². The fraction of sp³-hybridized carbons (Fsp3) is 0.529. The SMILES string of the molecule is COCCC(C)NC(=O)C1CC(=O)N(c2cc(Cl)ccc2OC)C1. The van der Waals surface area contributed by atoms with Gasteiger partial charge in [-0.1, -0.05) is 11.6 Å². The number of ether oxygens (including phenoxy) is 2. The summed E-state index contributed by atoms with van der Waals surface area (Å²) >= 11 is 6.03. The summed E-state index contributed by atoms with van der Waals surface area (Å²) in [6, 6.07) is 5.10. The first-order valence-electron chi connectivity index (χ1n) is 7.89. The van der Waals surface area contributed by atoms with Crippen LogP contribution in [0.2, 0.25) is 5.02 Å². The molecule has 0 spiro atoms. The van der Waals surface area contributed by atoms with Gasteiger partial charge in [-0.15, -0.1) is 0 Å². The Morgan fingerprint density at radius 3 is 2.88 bits per heavy atom. The number of rotatable bonds is 7. The van der Waals surface area contributed by atoms with Crippen molar-refractivity contribution in [2.24, 2.45) is 5.92 Å². The number of carbonyl (C=O) groups is 2. The molecule has 0 aliphatic carbocycles. The summed E-state index contributed by atoms with van der Waals surface area (Å²) < 4.78 is 10.3. The van der Waals surface area contributed by atoms with Crippen molar-refractivity contribution >= 4 is 29.1 Å². The van der Waals surface area contributed by atoms with E-state index in [2.05, 4.69) is 5.32 Å². The van der Waals surface area contributed by atoms with Gasteiger partial charge in [0.1, 0.15) is 5.75 Å². The van der Waals surface area contributed by atoms with Gasteiger partial charge in [-0.05, 0) is 31.5 Å². The maximum atomic E-state index is 12.4. The summed E-state index contributed by atoms with van der Waals surface area (Å²) in [5.74, 6) is -0.0517. The quantitative estimate of drug-likeness (QED) is 0.815. The van der Waals surface area contributed by atoms with E-state index in [0.29, 0.717) is 29.6 Å². The van der Waals surface area contributed by atoms with E-state index in [4.69, 9.17) is 21.1 Å². The van der Waals surface area contributed by atoms with Crippen molar-refractivity contribution in [2.75, 3.05) is 32.3 Å². The molecule has 1 aromatic rings. The largest absolute Gasteiger partial charge is 0.495 e. The molecular formula is C17H23ClN2O4. The molecule has 0 saturated carbocycles. The second-order valence-corrected chi connectivity index (χ2v) is 6.35. The minimum Gasteiger partial charge on any atom is -0.495 e. The van der Waals surface area contributed by atoms with Crippen molar-refractivity contribution in [3.63, 3.8) is 0 Å². The maximum Gasteiger partial charge on any atom is 0.227 e. The van der Waals surface area contributed by atoms with Crippen molar-refractivity contribution in [3.8, 4) is 5.75 Å². The third-order valence-corrected chi connectivity index (χ3v) is 4.31. The predicted octanol–water partition coefficient (Wildman–Crippen LogP) is 2.24. The molecule has 1 saturated heterocycles. The van der Waals surface area contributed by atoms with E-state index >= 15 is 0 Å². The number of nitrogens with one attached hydrogen (secondary N) is 1. The minimum absolute atomic E-state index is 0.00214. The predicted molar refractivity (Wildman–Crippen MR) is 92.6 cm³/mol. The summed E-state index contributed by atoms with van der Waals surface area (Å²) in [6.07, 6.45) is 0.910. The summed E-state index contributed by atoms with van der Waals surface area (Å²) in [5, 5.41) is 3.45. The highest BCUT2D eigenvalue weighted by Crippen LogP contribution is 2.35. The Morgan fingerprint density at radius 2 is 2.21 bits per heavy atom. The summed E-state index contributed by atoms with van der Waals surface area (Å²) in [5.41, 5.74) is 0.595. The number of halogens is 1. The number of nitrogens with zero attached hydrogens (tertiary/aromatic N) is 1. The molecular weight excluding hydrogens is 332 g/mol. The monoisotopic (exact) mass is 354 g/mol. The molecule has 1 heterocycles. The molecule has 2 rings (SSSR count). The Labute approximate surface area is 147 Å². The molecule has 132 valence electrons. The van der Waals surface area contributed by atoms with E-state index in [0.717, 1.165) is 6.42 Å². The zero-order valence-corrected chi connectivity index (χ0v) is 14.9. The van der Waals surface area contributed by atoms with Gasteiger partial charge < -0.3 is 19.7 Å². The van der Waals surface area contributed by atoms with Crippen molar-refractivity contribution in [1.29, 1.82) is 0 Å². The lowest BCUT2D eigenvalue weighted by molar-refractivity contribution is -0.126. The molecule has 1 N–H and O–H groups in total. The highest BCUT2D eigenvalue weighted by Gasteiger charge is 2.36. The number of carbonyl (C=O) groups excluding carboxylic acids is 2. The number of hydrogen-bond acceptors (Lipinski definition) is 4. The molecule has 1 aliphatic heterocycles. The summed E-state index contributed by atoms with van der Waals surface area (Å²) in [7, 11) is 3.16. The van der Waals surface area contributed by atoms with Crippen LogP contribution in [-0.2, 0) is 14.3 Å². The molecule has 2 unspecified atom stereocenters. The van der Waals surface area contributed by atoms with Crippen LogP contribution in [0.3, 0.4) is 0 Å². The average molecular weight is 355 g/mol. The topological polar surface area (TPSA) is 67.9 Å². The summed E-state index contributed by atoms with van der Waals surface area (Å²) in [6.45, 7) is 2.82. The second-order valence-electron chi connectivity index (χ2n) is 5.91. The van der Waals surface area contributed by atoms with Gasteiger partial charge in [-0.2, -0.15) is 0 Å². The van der Waals surface area contributed by atoms with E-state index < -0.39 is 0 Å². The van der Waals surface area contributed by atoms with E-state index in [1.807, 2.05) is 6.92 Å². The smallest absolute Gasteiger partial charge is 0.227 e. The molecule has 0 radical (unpaired) electrons. The Hall–Kier alpha value is -1.79. The first-order valence-corrected chi connectivity index (χ1v) is 8.27. The molecule has 1 fully saturated rings. The fourth-order valence-corrected chi connectivity index (χ4v) is 2.88. The van der Waals surface area contributed by atoms with E-state index in [-0.39, 0.29) is 30.2 Å². The zero-order valence-electron chi connectivity index (χ0n) is 14.2. The fourth-order valence-electron chi connectivity index (χ4n) is 2.72. The molecule has 1 aliphatic rings. The third-order valence-electron chi connectivity index (χ3n) is 4.07. The van der Waals surface area contributed by atoms with Crippen LogP contribution < -0.4 is 15.0 Å². The first-order chi connectivity index (χ1) is 11.5. The van der Waals surface area contributed by atoms with Gasteiger partial charge in [0.25, 0.3) is 0 Å². The Kier molecular flexibility index (Phi) is 6.45. The van der Waals surface area contributed by atoms with Crippen LogP contribution in [0.1, 0.15) is 19.8 Å². The average Bonchev–Trinajstić information content (AvgIpc) is 2.94. The van der Waals surface area contributed by atoms with Crippen LogP contribution >= 0.6 is 11.6 Å². The van der Waals surface area contributed by atoms with Gasteiger partial charge in [0.05, 0.1) is 18.7 Å². The van der Waals surface area contributed by atoms with Crippen LogP contribution in [0, 0.1) is 5.92 Å². The van der Waals surface area contributed by atoms with Crippen molar-refractivity contribution < 1.29 is 19.1 Å². The number of methoxy groups -OCH3 is 2. The second kappa shape index (κ2) is 8.35. The lowest BCUT2D eigenvalue weighted by atomic mass is 10.1. The van der Waals surface area contributed by atoms with Crippen LogP contribution in [0.5, 0.6) is 5.75 Å². The molecule has 2 amide bonds. The number of benzene rings is 1. The van der Waals surface area contributed by atoms with E-state index in [9.17, 15) is 9.59 Å². The van der Waals surface area contributed by atoms with Crippen LogP contribution in [0.15, 0.2) is 18.2 Å². The van der Waals surface area contributed by atoms with E-state index in [1.165, 1.54) is 7.11 Å². The van der Waals surface area contributed by atoms with Gasteiger partial charge in [0.2, 0.25) is 11.8 Å². The van der Waals surface area contributed by atoms with Crippen LogP contribution in [-0.4, -0.2) is 45.2 Å². The Bertz CT molecular complexity index is 608. The van der Waals surface area contributed by atoms with Gasteiger partial charge in [-0.25, -0.2) is 0 Å². The summed E-state index contributed by atoms with van der Waals surface area (Å²) in [4.78, 5) is 26.3. The molecule has 24 heavy (non-hydrogen) atoms. The maximum absolute atomic E-state index is 12.4. The van der Waals surface area contributed by atoms with Gasteiger partial charge in [0, 0.05) is 37.7 Å². The van der Waals surface area contributed by atoms with Gasteiger partial charge in [0.15, 0.2) is 0 Å². The van der Waals surface area contributed by atoms with Crippen molar-refractivity contribution in [1.82, 2.24) is 5.32 Å². The van der Waals surface area contributed by atoms with E-state index in [1.54, 1.807) is 30.2 Å². The number of amides is 2. The molecule has 0 aromatic heterocycles. The number of hydrogen-bond donors (Lipinski definition) is 1. The normalized spacial score (nSPS) is 18.6.